The van der Waals surface area contributed by atoms with Crippen LogP contribution in [0, 0.1) is 11.8 Å². The lowest BCUT2D eigenvalue weighted by Gasteiger charge is -2.32. The van der Waals surface area contributed by atoms with E-state index in [0.29, 0.717) is 49.7 Å². The Morgan fingerprint density at radius 1 is 1.14 bits per heavy atom. The molecule has 0 saturated carbocycles. The first-order valence-corrected chi connectivity index (χ1v) is 9.81. The number of anilines is 3. The van der Waals surface area contributed by atoms with Crippen LogP contribution in [-0.4, -0.2) is 34.7 Å². The zero-order valence-corrected chi connectivity index (χ0v) is 16.0. The molecule has 1 aliphatic heterocycles. The quantitative estimate of drug-likeness (QED) is 0.847. The number of hydrogen-bond acceptors (Lipinski definition) is 6. The van der Waals surface area contributed by atoms with Crippen molar-refractivity contribution in [1.29, 1.82) is 0 Å². The first kappa shape index (κ1) is 18.4. The fourth-order valence-corrected chi connectivity index (χ4v) is 4.01. The number of nitrogens with zero attached hydrogens (tertiary/aromatic N) is 3. The molecule has 1 atom stereocenters. The van der Waals surface area contributed by atoms with E-state index in [1.807, 2.05) is 30.3 Å². The van der Waals surface area contributed by atoms with Crippen molar-refractivity contribution < 1.29 is 9.59 Å². The number of amides is 1. The summed E-state index contributed by atoms with van der Waals surface area (Å²) in [7, 11) is 0. The highest BCUT2D eigenvalue weighted by atomic mass is 16.1. The van der Waals surface area contributed by atoms with Crippen molar-refractivity contribution in [3.8, 4) is 0 Å². The fraction of sp³-hybridized carbons (Fsp3) is 0.429. The van der Waals surface area contributed by atoms with Gasteiger partial charge >= 0.3 is 0 Å². The van der Waals surface area contributed by atoms with Gasteiger partial charge in [-0.05, 0) is 37.3 Å². The van der Waals surface area contributed by atoms with Crippen LogP contribution >= 0.6 is 0 Å². The number of fused-ring (bicyclic) bond motifs is 1. The molecule has 3 N–H and O–H groups in total. The summed E-state index contributed by atoms with van der Waals surface area (Å²) in [5, 5.41) is 3.31. The molecule has 1 fully saturated rings. The van der Waals surface area contributed by atoms with E-state index in [9.17, 15) is 9.59 Å². The van der Waals surface area contributed by atoms with Crippen LogP contribution < -0.4 is 16.0 Å². The zero-order chi connectivity index (χ0) is 19.7. The molecule has 1 aromatic heterocycles. The summed E-state index contributed by atoms with van der Waals surface area (Å²) in [6, 6.07) is 9.72. The molecule has 7 heteroatoms. The summed E-state index contributed by atoms with van der Waals surface area (Å²) in [5.74, 6) is 1.22. The van der Waals surface area contributed by atoms with Crippen molar-refractivity contribution in [3.05, 3.63) is 41.6 Å². The maximum absolute atomic E-state index is 12.7. The molecule has 2 aliphatic rings. The molecular formula is C21H25N5O2. The highest BCUT2D eigenvalue weighted by molar-refractivity contribution is 6.03. The normalized spacial score (nSPS) is 20.0. The SMILES string of the molecule is CC1CC(=O)c2c(nc(N3CCC(C(N)=O)CC3)nc2Nc2ccccc2)C1. The monoisotopic (exact) mass is 379 g/mol. The van der Waals surface area contributed by atoms with E-state index in [-0.39, 0.29) is 23.5 Å². The second kappa shape index (κ2) is 7.58. The molecule has 2 heterocycles. The van der Waals surface area contributed by atoms with Gasteiger partial charge in [0.05, 0.1) is 11.3 Å². The van der Waals surface area contributed by atoms with E-state index in [4.69, 9.17) is 15.7 Å². The van der Waals surface area contributed by atoms with Gasteiger partial charge in [0.2, 0.25) is 11.9 Å². The number of carbonyl (C=O) groups is 2. The van der Waals surface area contributed by atoms with Gasteiger partial charge in [-0.15, -0.1) is 0 Å². The minimum absolute atomic E-state index is 0.0857. The largest absolute Gasteiger partial charge is 0.369 e. The Hall–Kier alpha value is -2.96. The fourth-order valence-electron chi connectivity index (χ4n) is 4.01. The molecule has 0 spiro atoms. The van der Waals surface area contributed by atoms with E-state index in [2.05, 4.69) is 17.1 Å². The number of hydrogen-bond donors (Lipinski definition) is 2. The Kier molecular flexibility index (Phi) is 4.98. The van der Waals surface area contributed by atoms with Crippen LogP contribution in [0.25, 0.3) is 0 Å². The van der Waals surface area contributed by atoms with Gasteiger partial charge in [0.25, 0.3) is 0 Å². The van der Waals surface area contributed by atoms with Gasteiger partial charge in [0.1, 0.15) is 5.82 Å². The predicted octanol–water partition coefficient (Wildman–Crippen LogP) is 2.69. The van der Waals surface area contributed by atoms with Crippen molar-refractivity contribution in [2.24, 2.45) is 17.6 Å². The van der Waals surface area contributed by atoms with E-state index < -0.39 is 0 Å². The molecule has 2 aromatic rings. The number of para-hydroxylation sites is 1. The van der Waals surface area contributed by atoms with Gasteiger partial charge in [-0.2, -0.15) is 4.98 Å². The summed E-state index contributed by atoms with van der Waals surface area (Å²) in [4.78, 5) is 35.7. The standard InChI is InChI=1S/C21H25N5O2/c1-13-11-16-18(17(27)12-13)20(23-15-5-3-2-4-6-15)25-21(24-16)26-9-7-14(8-10-26)19(22)28/h2-6,13-14H,7-12H2,1H3,(H2,22,28)(H,23,24,25). The average molecular weight is 379 g/mol. The third kappa shape index (κ3) is 3.69. The highest BCUT2D eigenvalue weighted by Gasteiger charge is 2.31. The molecule has 7 nitrogen and oxygen atoms in total. The van der Waals surface area contributed by atoms with Crippen molar-refractivity contribution in [1.82, 2.24) is 9.97 Å². The van der Waals surface area contributed by atoms with Crippen LogP contribution in [0.15, 0.2) is 30.3 Å². The van der Waals surface area contributed by atoms with E-state index >= 15 is 0 Å². The Morgan fingerprint density at radius 3 is 2.54 bits per heavy atom. The first-order valence-electron chi connectivity index (χ1n) is 9.81. The third-order valence-electron chi connectivity index (χ3n) is 5.54. The topological polar surface area (TPSA) is 101 Å². The van der Waals surface area contributed by atoms with Crippen LogP contribution in [0.4, 0.5) is 17.5 Å². The summed E-state index contributed by atoms with van der Waals surface area (Å²) in [6.07, 6.45) is 2.68. The maximum atomic E-state index is 12.7. The molecule has 1 amide bonds. The van der Waals surface area contributed by atoms with Crippen LogP contribution in [0.1, 0.15) is 42.2 Å². The van der Waals surface area contributed by atoms with Crippen LogP contribution in [-0.2, 0) is 11.2 Å². The van der Waals surface area contributed by atoms with Gasteiger partial charge in [-0.1, -0.05) is 25.1 Å². The van der Waals surface area contributed by atoms with Crippen molar-refractivity contribution >= 4 is 29.1 Å². The van der Waals surface area contributed by atoms with Crippen molar-refractivity contribution in [2.45, 2.75) is 32.6 Å². The number of Topliss-reactive ketones (excluding diaryl/α,β-unsaturated/α-hetero) is 1. The maximum Gasteiger partial charge on any atom is 0.227 e. The predicted molar refractivity (Wildman–Crippen MR) is 108 cm³/mol. The Balaban J connectivity index is 1.68. The van der Waals surface area contributed by atoms with Gasteiger partial charge < -0.3 is 16.0 Å². The molecule has 1 aromatic carbocycles. The lowest BCUT2D eigenvalue weighted by Crippen LogP contribution is -2.39. The highest BCUT2D eigenvalue weighted by Crippen LogP contribution is 2.32. The minimum atomic E-state index is -0.239. The smallest absolute Gasteiger partial charge is 0.227 e. The van der Waals surface area contributed by atoms with Crippen LogP contribution in [0.5, 0.6) is 0 Å². The molecule has 28 heavy (non-hydrogen) atoms. The molecule has 4 rings (SSSR count). The second-order valence-corrected chi connectivity index (χ2v) is 7.79. The third-order valence-corrected chi connectivity index (χ3v) is 5.54. The zero-order valence-electron chi connectivity index (χ0n) is 16.0. The molecule has 146 valence electrons. The number of primary amides is 1. The lowest BCUT2D eigenvalue weighted by molar-refractivity contribution is -0.122. The van der Waals surface area contributed by atoms with E-state index in [0.717, 1.165) is 17.8 Å². The number of carbonyl (C=O) groups excluding carboxylic acids is 2. The number of nitrogens with one attached hydrogen (secondary N) is 1. The van der Waals surface area contributed by atoms with Gasteiger partial charge in [-0.3, -0.25) is 9.59 Å². The Labute approximate surface area is 164 Å². The van der Waals surface area contributed by atoms with Crippen LogP contribution in [0.2, 0.25) is 0 Å². The lowest BCUT2D eigenvalue weighted by atomic mass is 9.87. The number of ketones is 1. The molecule has 1 aliphatic carbocycles. The first-order chi connectivity index (χ1) is 13.5. The molecule has 0 bridgehead atoms. The molecular weight excluding hydrogens is 354 g/mol. The van der Waals surface area contributed by atoms with E-state index in [1.54, 1.807) is 0 Å². The van der Waals surface area contributed by atoms with E-state index in [1.165, 1.54) is 0 Å². The summed E-state index contributed by atoms with van der Waals surface area (Å²) in [6.45, 7) is 3.44. The Bertz CT molecular complexity index is 891. The van der Waals surface area contributed by atoms with Crippen molar-refractivity contribution in [3.63, 3.8) is 0 Å². The number of aromatic nitrogens is 2. The summed E-state index contributed by atoms with van der Waals surface area (Å²) >= 11 is 0. The molecule has 1 saturated heterocycles. The second-order valence-electron chi connectivity index (χ2n) is 7.79. The van der Waals surface area contributed by atoms with Crippen LogP contribution in [0.3, 0.4) is 0 Å². The molecule has 1 unspecified atom stereocenters. The average Bonchev–Trinajstić information content (AvgIpc) is 2.68. The number of benzene rings is 1. The number of rotatable bonds is 4. The van der Waals surface area contributed by atoms with Gasteiger partial charge in [0.15, 0.2) is 5.78 Å². The summed E-state index contributed by atoms with van der Waals surface area (Å²) < 4.78 is 0. The Morgan fingerprint density at radius 2 is 1.86 bits per heavy atom. The summed E-state index contributed by atoms with van der Waals surface area (Å²) in [5.41, 5.74) is 7.75. The van der Waals surface area contributed by atoms with Gasteiger partial charge in [0, 0.05) is 31.1 Å². The molecule has 0 radical (unpaired) electrons. The number of piperidine rings is 1. The van der Waals surface area contributed by atoms with Crippen molar-refractivity contribution in [2.75, 3.05) is 23.3 Å². The van der Waals surface area contributed by atoms with Gasteiger partial charge in [-0.25, -0.2) is 4.98 Å². The number of nitrogens with two attached hydrogens (primary N) is 1. The minimum Gasteiger partial charge on any atom is -0.369 e.